The van der Waals surface area contributed by atoms with Crippen molar-refractivity contribution in [3.05, 3.63) is 124 Å². The molecule has 0 saturated carbocycles. The van der Waals surface area contributed by atoms with Crippen molar-refractivity contribution in [2.75, 3.05) is 13.7 Å². The molecular formula is C39H41N3O5. The van der Waals surface area contributed by atoms with Crippen molar-refractivity contribution >= 4 is 29.8 Å². The molecule has 47 heavy (non-hydrogen) atoms. The van der Waals surface area contributed by atoms with E-state index in [1.165, 1.54) is 6.08 Å². The monoisotopic (exact) mass is 631 g/mol. The number of esters is 1. The predicted octanol–water partition coefficient (Wildman–Crippen LogP) is 7.54. The van der Waals surface area contributed by atoms with Crippen LogP contribution in [-0.4, -0.2) is 51.4 Å². The van der Waals surface area contributed by atoms with Gasteiger partial charge in [0.1, 0.15) is 11.4 Å². The van der Waals surface area contributed by atoms with Gasteiger partial charge in [-0.05, 0) is 88.4 Å². The van der Waals surface area contributed by atoms with Gasteiger partial charge in [-0.15, -0.1) is 0 Å². The number of piperidine rings is 1. The zero-order valence-electron chi connectivity index (χ0n) is 27.8. The first-order chi connectivity index (χ1) is 22.4. The maximum atomic E-state index is 13.7. The molecule has 1 amide bonds. The Morgan fingerprint density at radius 2 is 1.62 bits per heavy atom. The summed E-state index contributed by atoms with van der Waals surface area (Å²) in [6.07, 6.45) is 10.3. The summed E-state index contributed by atoms with van der Waals surface area (Å²) in [4.78, 5) is 45.0. The Balaban J connectivity index is 1.25. The molecule has 1 aliphatic heterocycles. The molecule has 1 saturated heterocycles. The lowest BCUT2D eigenvalue weighted by Gasteiger charge is -2.34. The van der Waals surface area contributed by atoms with Gasteiger partial charge in [0.05, 0.1) is 30.9 Å². The number of rotatable bonds is 9. The lowest BCUT2D eigenvalue weighted by Crippen LogP contribution is -2.38. The summed E-state index contributed by atoms with van der Waals surface area (Å²) in [5.41, 5.74) is 5.75. The first kappa shape index (κ1) is 33.1. The highest BCUT2D eigenvalue weighted by Crippen LogP contribution is 2.31. The quantitative estimate of drug-likeness (QED) is 0.108. The van der Waals surface area contributed by atoms with Crippen molar-refractivity contribution in [1.82, 2.24) is 14.5 Å². The number of aromatic nitrogens is 2. The summed E-state index contributed by atoms with van der Waals surface area (Å²) < 4.78 is 12.9. The third kappa shape index (κ3) is 8.14. The fraction of sp³-hybridized carbons (Fsp3) is 0.282. The summed E-state index contributed by atoms with van der Waals surface area (Å²) in [5, 5.41) is 0. The van der Waals surface area contributed by atoms with E-state index in [9.17, 15) is 14.4 Å². The highest BCUT2D eigenvalue weighted by molar-refractivity contribution is 6.09. The van der Waals surface area contributed by atoms with Gasteiger partial charge in [0.2, 0.25) is 5.91 Å². The molecule has 1 aliphatic rings. The molecule has 0 N–H and O–H groups in total. The molecule has 2 heterocycles. The largest absolute Gasteiger partial charge is 0.495 e. The minimum Gasteiger partial charge on any atom is -0.495 e. The van der Waals surface area contributed by atoms with Crippen LogP contribution in [0.2, 0.25) is 0 Å². The van der Waals surface area contributed by atoms with E-state index in [-0.39, 0.29) is 17.7 Å². The summed E-state index contributed by atoms with van der Waals surface area (Å²) in [7, 11) is 1.64. The van der Waals surface area contributed by atoms with Crippen LogP contribution in [-0.2, 0) is 14.3 Å². The van der Waals surface area contributed by atoms with E-state index in [4.69, 9.17) is 9.47 Å². The SMILES string of the molecule is COc1cc(/C=C2\CCCN([C@@H](C)c3ccc(C(=O)c4ccc(/C=C/C(=O)OC(C)(C)C)cc4)cc3)C2=O)ccc1-n1cnc(C)c1. The van der Waals surface area contributed by atoms with Crippen LogP contribution in [0.5, 0.6) is 5.75 Å². The van der Waals surface area contributed by atoms with Gasteiger partial charge in [-0.1, -0.05) is 54.6 Å². The van der Waals surface area contributed by atoms with Gasteiger partial charge in [-0.3, -0.25) is 9.59 Å². The Bertz CT molecular complexity index is 1830. The molecule has 1 aromatic heterocycles. The second-order valence-electron chi connectivity index (χ2n) is 12.7. The number of carbonyl (C=O) groups is 3. The summed E-state index contributed by atoms with van der Waals surface area (Å²) in [6, 6.07) is 20.3. The van der Waals surface area contributed by atoms with Crippen molar-refractivity contribution in [2.45, 2.75) is 59.1 Å². The average molecular weight is 632 g/mol. The second-order valence-corrected chi connectivity index (χ2v) is 12.7. The number of ether oxygens (including phenoxy) is 2. The smallest absolute Gasteiger partial charge is 0.331 e. The average Bonchev–Trinajstić information content (AvgIpc) is 3.49. The lowest BCUT2D eigenvalue weighted by atomic mass is 9.96. The minimum absolute atomic E-state index is 0.0120. The molecule has 0 spiro atoms. The minimum atomic E-state index is -0.557. The molecule has 3 aromatic carbocycles. The molecule has 5 rings (SSSR count). The summed E-state index contributed by atoms with van der Waals surface area (Å²) >= 11 is 0. The molecular weight excluding hydrogens is 590 g/mol. The molecule has 0 unspecified atom stereocenters. The van der Waals surface area contributed by atoms with Crippen LogP contribution >= 0.6 is 0 Å². The maximum Gasteiger partial charge on any atom is 0.331 e. The molecule has 4 aromatic rings. The third-order valence-corrected chi connectivity index (χ3v) is 8.03. The molecule has 1 fully saturated rings. The third-order valence-electron chi connectivity index (χ3n) is 8.03. The van der Waals surface area contributed by atoms with Crippen molar-refractivity contribution in [2.24, 2.45) is 0 Å². The molecule has 0 bridgehead atoms. The highest BCUT2D eigenvalue weighted by Gasteiger charge is 2.28. The van der Waals surface area contributed by atoms with E-state index in [2.05, 4.69) is 4.98 Å². The number of hydrogen-bond donors (Lipinski definition) is 0. The van der Waals surface area contributed by atoms with E-state index in [0.29, 0.717) is 29.8 Å². The molecule has 242 valence electrons. The number of aryl methyl sites for hydroxylation is 1. The number of carbonyl (C=O) groups excluding carboxylic acids is 3. The van der Waals surface area contributed by atoms with Crippen molar-refractivity contribution < 1.29 is 23.9 Å². The van der Waals surface area contributed by atoms with E-state index >= 15 is 0 Å². The van der Waals surface area contributed by atoms with Gasteiger partial charge < -0.3 is 18.9 Å². The molecule has 0 radical (unpaired) electrons. The Kier molecular flexibility index (Phi) is 9.89. The Morgan fingerprint density at radius 3 is 2.23 bits per heavy atom. The fourth-order valence-corrected chi connectivity index (χ4v) is 5.59. The van der Waals surface area contributed by atoms with Gasteiger partial charge in [-0.25, -0.2) is 9.78 Å². The van der Waals surface area contributed by atoms with Crippen LogP contribution < -0.4 is 4.74 Å². The number of methoxy groups -OCH3 is 1. The van der Waals surface area contributed by atoms with Crippen LogP contribution in [0.25, 0.3) is 17.8 Å². The van der Waals surface area contributed by atoms with Crippen LogP contribution in [0.1, 0.15) is 84.9 Å². The normalized spacial score (nSPS) is 15.2. The van der Waals surface area contributed by atoms with Crippen LogP contribution in [0.15, 0.2) is 90.9 Å². The van der Waals surface area contributed by atoms with E-state index in [0.717, 1.165) is 40.1 Å². The first-order valence-electron chi connectivity index (χ1n) is 15.8. The molecule has 0 aliphatic carbocycles. The number of imidazole rings is 1. The van der Waals surface area contributed by atoms with Gasteiger partial charge in [-0.2, -0.15) is 0 Å². The van der Waals surface area contributed by atoms with Crippen LogP contribution in [0.3, 0.4) is 0 Å². The fourth-order valence-electron chi connectivity index (χ4n) is 5.59. The lowest BCUT2D eigenvalue weighted by molar-refractivity contribution is -0.148. The zero-order valence-corrected chi connectivity index (χ0v) is 27.8. The molecule has 1 atom stereocenters. The topological polar surface area (TPSA) is 90.7 Å². The second kappa shape index (κ2) is 14.0. The van der Waals surface area contributed by atoms with Crippen molar-refractivity contribution in [3.8, 4) is 11.4 Å². The van der Waals surface area contributed by atoms with Gasteiger partial charge >= 0.3 is 5.97 Å². The number of likely N-dealkylation sites (tertiary alicyclic amines) is 1. The Labute approximate surface area is 276 Å². The van der Waals surface area contributed by atoms with Gasteiger partial charge in [0, 0.05) is 35.5 Å². The Morgan fingerprint density at radius 1 is 0.957 bits per heavy atom. The van der Waals surface area contributed by atoms with E-state index < -0.39 is 11.6 Å². The van der Waals surface area contributed by atoms with Crippen LogP contribution in [0.4, 0.5) is 0 Å². The Hall–Kier alpha value is -5.24. The summed E-state index contributed by atoms with van der Waals surface area (Å²) in [5.74, 6) is 0.192. The summed E-state index contributed by atoms with van der Waals surface area (Å²) in [6.45, 7) is 10.1. The van der Waals surface area contributed by atoms with Gasteiger partial charge in [0.25, 0.3) is 0 Å². The molecule has 8 heteroatoms. The zero-order chi connectivity index (χ0) is 33.7. The van der Waals surface area contributed by atoms with E-state index in [1.54, 1.807) is 43.8 Å². The van der Waals surface area contributed by atoms with Gasteiger partial charge in [0.15, 0.2) is 5.78 Å². The molecule has 8 nitrogen and oxygen atoms in total. The first-order valence-corrected chi connectivity index (χ1v) is 15.8. The number of benzene rings is 3. The van der Waals surface area contributed by atoms with Crippen LogP contribution in [0, 0.1) is 6.92 Å². The standard InChI is InChI=1S/C39H41N3O5/c1-26-24-41(25-40-26)34-19-11-29(23-35(34)46-6)22-33-8-7-21-42(38(33)45)27(2)30-15-17-32(18-16-30)37(44)31-13-9-28(10-14-31)12-20-36(43)47-39(3,4)5/h9-20,22-25,27H,7-8,21H2,1-6H3/b20-12+,33-22+/t27-/m0/s1. The van der Waals surface area contributed by atoms with Crippen molar-refractivity contribution in [3.63, 3.8) is 0 Å². The predicted molar refractivity (Wildman–Crippen MR) is 183 cm³/mol. The number of nitrogens with zero attached hydrogens (tertiary/aromatic N) is 3. The highest BCUT2D eigenvalue weighted by atomic mass is 16.6. The van der Waals surface area contributed by atoms with E-state index in [1.807, 2.05) is 98.8 Å². The number of ketones is 1. The maximum absolute atomic E-state index is 13.7. The number of amides is 1. The number of hydrogen-bond acceptors (Lipinski definition) is 6. The van der Waals surface area contributed by atoms with Crippen molar-refractivity contribution in [1.29, 1.82) is 0 Å².